The molecule has 1 N–H and O–H groups in total. The molecule has 25 heavy (non-hydrogen) atoms. The van der Waals surface area contributed by atoms with Gasteiger partial charge >= 0.3 is 0 Å². The first kappa shape index (κ1) is 15.6. The third kappa shape index (κ3) is 2.83. The van der Waals surface area contributed by atoms with Crippen molar-refractivity contribution in [2.45, 2.75) is 26.2 Å². The van der Waals surface area contributed by atoms with Crippen molar-refractivity contribution in [1.29, 1.82) is 5.26 Å². The number of hydrogen-bond acceptors (Lipinski definition) is 5. The summed E-state index contributed by atoms with van der Waals surface area (Å²) in [4.78, 5) is 13.7. The van der Waals surface area contributed by atoms with Gasteiger partial charge in [-0.2, -0.15) is 5.26 Å². The zero-order valence-electron chi connectivity index (χ0n) is 13.6. The highest BCUT2D eigenvalue weighted by atomic mass is 32.1. The number of aromatic nitrogens is 1. The molecule has 0 aliphatic heterocycles. The van der Waals surface area contributed by atoms with Crippen LogP contribution in [0, 0.1) is 18.3 Å². The van der Waals surface area contributed by atoms with Gasteiger partial charge in [-0.1, -0.05) is 35.0 Å². The average molecular weight is 349 g/mol. The fraction of sp³-hybridized carbons (Fsp3) is 0.211. The molecule has 1 aliphatic rings. The summed E-state index contributed by atoms with van der Waals surface area (Å²) in [5.41, 5.74) is 3.89. The minimum absolute atomic E-state index is 0.202. The van der Waals surface area contributed by atoms with Gasteiger partial charge in [-0.3, -0.25) is 4.79 Å². The molecule has 2 aromatic heterocycles. The number of amides is 1. The molecule has 0 fully saturated rings. The van der Waals surface area contributed by atoms with Gasteiger partial charge in [0.2, 0.25) is 0 Å². The Balaban J connectivity index is 1.57. The minimum Gasteiger partial charge on any atom is -0.355 e. The Kier molecular flexibility index (Phi) is 3.86. The Morgan fingerprint density at radius 3 is 2.88 bits per heavy atom. The number of aryl methyl sites for hydroxylation is 2. The number of nitrogens with one attached hydrogen (secondary N) is 1. The normalized spacial score (nSPS) is 12.6. The lowest BCUT2D eigenvalue weighted by atomic mass is 10.1. The number of thiophene rings is 1. The van der Waals surface area contributed by atoms with E-state index >= 15 is 0 Å². The van der Waals surface area contributed by atoms with Gasteiger partial charge in [-0.15, -0.1) is 11.3 Å². The predicted molar refractivity (Wildman–Crippen MR) is 95.7 cm³/mol. The third-order valence-electron chi connectivity index (χ3n) is 4.34. The monoisotopic (exact) mass is 349 g/mol. The standard InChI is InChI=1S/C19H15N3O2S/c1-11-5-7-12(8-6-11)16-9-15(22-24-16)18(23)21-19-14(10-20)13-3-2-4-17(13)25-19/h5-9H,2-4H2,1H3,(H,21,23). The maximum Gasteiger partial charge on any atom is 0.278 e. The number of rotatable bonds is 3. The molecule has 5 nitrogen and oxygen atoms in total. The van der Waals surface area contributed by atoms with E-state index in [0.717, 1.165) is 36.0 Å². The summed E-state index contributed by atoms with van der Waals surface area (Å²) < 4.78 is 5.29. The fourth-order valence-electron chi connectivity index (χ4n) is 3.01. The topological polar surface area (TPSA) is 78.9 Å². The van der Waals surface area contributed by atoms with E-state index in [1.54, 1.807) is 6.07 Å². The molecule has 6 heteroatoms. The van der Waals surface area contributed by atoms with Crippen molar-refractivity contribution in [2.75, 3.05) is 5.32 Å². The SMILES string of the molecule is Cc1ccc(-c2cc(C(=O)Nc3sc4c(c3C#N)CCC4)no2)cc1. The maximum absolute atomic E-state index is 12.5. The molecular weight excluding hydrogens is 334 g/mol. The second-order valence-electron chi connectivity index (χ2n) is 6.07. The molecule has 0 spiro atoms. The molecule has 0 bridgehead atoms. The molecule has 3 aromatic rings. The highest BCUT2D eigenvalue weighted by Crippen LogP contribution is 2.38. The summed E-state index contributed by atoms with van der Waals surface area (Å²) in [6.07, 6.45) is 2.96. The van der Waals surface area contributed by atoms with Crippen LogP contribution in [0.25, 0.3) is 11.3 Å². The molecule has 1 aliphatic carbocycles. The van der Waals surface area contributed by atoms with E-state index in [2.05, 4.69) is 16.5 Å². The fourth-order valence-corrected chi connectivity index (χ4v) is 4.25. The zero-order valence-corrected chi connectivity index (χ0v) is 14.4. The van der Waals surface area contributed by atoms with Crippen molar-refractivity contribution in [3.63, 3.8) is 0 Å². The smallest absolute Gasteiger partial charge is 0.278 e. The van der Waals surface area contributed by atoms with E-state index in [4.69, 9.17) is 4.52 Å². The van der Waals surface area contributed by atoms with Crippen molar-refractivity contribution in [1.82, 2.24) is 5.16 Å². The molecule has 0 saturated carbocycles. The molecule has 4 rings (SSSR count). The highest BCUT2D eigenvalue weighted by Gasteiger charge is 2.24. The van der Waals surface area contributed by atoms with Gasteiger partial charge in [0, 0.05) is 16.5 Å². The third-order valence-corrected chi connectivity index (χ3v) is 5.55. The Morgan fingerprint density at radius 1 is 1.32 bits per heavy atom. The van der Waals surface area contributed by atoms with Gasteiger partial charge in [0.25, 0.3) is 5.91 Å². The number of nitrogens with zero attached hydrogens (tertiary/aromatic N) is 2. The summed E-state index contributed by atoms with van der Waals surface area (Å²) in [6, 6.07) is 11.6. The Hall–Kier alpha value is -2.91. The Morgan fingerprint density at radius 2 is 2.12 bits per heavy atom. The molecule has 0 radical (unpaired) electrons. The van der Waals surface area contributed by atoms with Crippen LogP contribution in [-0.2, 0) is 12.8 Å². The Labute approximate surface area is 148 Å². The minimum atomic E-state index is -0.362. The van der Waals surface area contributed by atoms with Crippen LogP contribution < -0.4 is 5.32 Å². The lowest BCUT2D eigenvalue weighted by Crippen LogP contribution is -2.12. The van der Waals surface area contributed by atoms with Gasteiger partial charge < -0.3 is 9.84 Å². The quantitative estimate of drug-likeness (QED) is 0.763. The van der Waals surface area contributed by atoms with Crippen LogP contribution in [0.1, 0.15) is 38.5 Å². The average Bonchev–Trinajstić information content (AvgIpc) is 3.30. The van der Waals surface area contributed by atoms with Gasteiger partial charge in [-0.25, -0.2) is 0 Å². The number of hydrogen-bond donors (Lipinski definition) is 1. The lowest BCUT2D eigenvalue weighted by molar-refractivity contribution is 0.101. The summed E-state index contributed by atoms with van der Waals surface area (Å²) in [5, 5.41) is 16.7. The number of anilines is 1. The van der Waals surface area contributed by atoms with Crippen molar-refractivity contribution in [3.8, 4) is 17.4 Å². The van der Waals surface area contributed by atoms with Gasteiger partial charge in [0.15, 0.2) is 11.5 Å². The molecule has 2 heterocycles. The number of benzene rings is 1. The van der Waals surface area contributed by atoms with E-state index in [-0.39, 0.29) is 11.6 Å². The van der Waals surface area contributed by atoms with Crippen LogP contribution in [0.4, 0.5) is 5.00 Å². The first-order chi connectivity index (χ1) is 12.2. The van der Waals surface area contributed by atoms with Crippen molar-refractivity contribution in [3.05, 3.63) is 57.6 Å². The van der Waals surface area contributed by atoms with Crippen LogP contribution in [0.15, 0.2) is 34.9 Å². The van der Waals surface area contributed by atoms with E-state index in [1.807, 2.05) is 31.2 Å². The number of carbonyl (C=O) groups excluding carboxylic acids is 1. The van der Waals surface area contributed by atoms with Crippen LogP contribution >= 0.6 is 11.3 Å². The highest BCUT2D eigenvalue weighted by molar-refractivity contribution is 7.16. The number of fused-ring (bicyclic) bond motifs is 1. The lowest BCUT2D eigenvalue weighted by Gasteiger charge is -2.00. The van der Waals surface area contributed by atoms with Crippen LogP contribution in [0.2, 0.25) is 0 Å². The molecule has 0 saturated heterocycles. The summed E-state index contributed by atoms with van der Waals surface area (Å²) >= 11 is 1.49. The molecular formula is C19H15N3O2S. The maximum atomic E-state index is 12.5. The van der Waals surface area contributed by atoms with Crippen molar-refractivity contribution in [2.24, 2.45) is 0 Å². The largest absolute Gasteiger partial charge is 0.355 e. The molecule has 1 aromatic carbocycles. The van der Waals surface area contributed by atoms with Gasteiger partial charge in [0.1, 0.15) is 11.1 Å². The molecule has 124 valence electrons. The molecule has 0 atom stereocenters. The van der Waals surface area contributed by atoms with Crippen LogP contribution in [-0.4, -0.2) is 11.1 Å². The second kappa shape index (κ2) is 6.19. The second-order valence-corrected chi connectivity index (χ2v) is 7.17. The van der Waals surface area contributed by atoms with Crippen molar-refractivity contribution >= 4 is 22.2 Å². The summed E-state index contributed by atoms with van der Waals surface area (Å²) in [7, 11) is 0. The van der Waals surface area contributed by atoms with E-state index in [1.165, 1.54) is 16.2 Å². The Bertz CT molecular complexity index is 993. The molecule has 0 unspecified atom stereocenters. The predicted octanol–water partition coefficient (Wildman–Crippen LogP) is 4.32. The first-order valence-corrected chi connectivity index (χ1v) is 8.87. The van der Waals surface area contributed by atoms with E-state index in [9.17, 15) is 10.1 Å². The van der Waals surface area contributed by atoms with Crippen LogP contribution in [0.3, 0.4) is 0 Å². The van der Waals surface area contributed by atoms with E-state index in [0.29, 0.717) is 16.3 Å². The van der Waals surface area contributed by atoms with Gasteiger partial charge in [0.05, 0.1) is 5.56 Å². The van der Waals surface area contributed by atoms with Gasteiger partial charge in [-0.05, 0) is 31.7 Å². The summed E-state index contributed by atoms with van der Waals surface area (Å²) in [6.45, 7) is 2.01. The number of nitriles is 1. The van der Waals surface area contributed by atoms with E-state index < -0.39 is 0 Å². The number of carbonyl (C=O) groups is 1. The molecule has 1 amide bonds. The van der Waals surface area contributed by atoms with Crippen LogP contribution in [0.5, 0.6) is 0 Å². The first-order valence-electron chi connectivity index (χ1n) is 8.05. The zero-order chi connectivity index (χ0) is 17.4. The summed E-state index contributed by atoms with van der Waals surface area (Å²) in [5.74, 6) is 0.179. The van der Waals surface area contributed by atoms with Crippen molar-refractivity contribution < 1.29 is 9.32 Å².